The zero-order valence-corrected chi connectivity index (χ0v) is 11.8. The molecule has 1 amide bonds. The Morgan fingerprint density at radius 3 is 2.55 bits per heavy atom. The molecule has 0 bridgehead atoms. The molecule has 10 nitrogen and oxygen atoms in total. The van der Waals surface area contributed by atoms with Crippen LogP contribution in [0.1, 0.15) is 19.8 Å². The monoisotopic (exact) mass is 316 g/mol. The van der Waals surface area contributed by atoms with Crippen LogP contribution in [0.25, 0.3) is 0 Å². The van der Waals surface area contributed by atoms with Gasteiger partial charge in [-0.05, 0) is 0 Å². The number of ketones is 1. The van der Waals surface area contributed by atoms with E-state index in [0.29, 0.717) is 5.06 Å². The van der Waals surface area contributed by atoms with Crippen LogP contribution in [-0.2, 0) is 28.8 Å². The molecule has 0 aromatic carbocycles. The number of Topliss-reactive ketones (excluding diaryl/α,β-unsaturated/α-hetero) is 1. The third kappa shape index (κ3) is 2.16. The number of cyclic esters (lactones) is 1. The van der Waals surface area contributed by atoms with Gasteiger partial charge in [0.05, 0.1) is 13.0 Å². The number of hydroxylamine groups is 2. The number of hydrogen-bond donors (Lipinski definition) is 3. The van der Waals surface area contributed by atoms with E-state index in [1.54, 1.807) is 0 Å². The van der Waals surface area contributed by atoms with Crippen LogP contribution >= 0.6 is 0 Å². The lowest BCUT2D eigenvalue weighted by atomic mass is 9.87. The van der Waals surface area contributed by atoms with E-state index in [0.717, 1.165) is 0 Å². The Morgan fingerprint density at radius 1 is 1.45 bits per heavy atom. The first kappa shape index (κ1) is 16.3. The maximum absolute atomic E-state index is 12.4. The molecule has 0 radical (unpaired) electrons. The number of nitrogens with two attached hydrogens (primary N) is 1. The molecule has 22 heavy (non-hydrogen) atoms. The van der Waals surface area contributed by atoms with Gasteiger partial charge in [-0.25, -0.2) is 4.79 Å². The number of carbonyl (C=O) groups is 4. The van der Waals surface area contributed by atoms with Crippen molar-refractivity contribution in [2.45, 2.75) is 31.0 Å². The van der Waals surface area contributed by atoms with Crippen LogP contribution in [0.5, 0.6) is 0 Å². The number of carboxylic acid groups (broad SMARTS) is 1. The third-order valence-corrected chi connectivity index (χ3v) is 3.76. The Balaban J connectivity index is 2.33. The summed E-state index contributed by atoms with van der Waals surface area (Å²) in [4.78, 5) is 52.3. The van der Waals surface area contributed by atoms with Crippen molar-refractivity contribution in [2.24, 2.45) is 11.7 Å². The fraction of sp³-hybridized carbons (Fsp3) is 0.667. The summed E-state index contributed by atoms with van der Waals surface area (Å²) in [7, 11) is 0. The molecule has 0 aromatic rings. The summed E-state index contributed by atoms with van der Waals surface area (Å²) < 4.78 is 4.75. The van der Waals surface area contributed by atoms with Gasteiger partial charge in [0.15, 0.2) is 11.3 Å². The predicted octanol–water partition coefficient (Wildman–Crippen LogP) is -2.23. The van der Waals surface area contributed by atoms with Gasteiger partial charge in [0.2, 0.25) is 0 Å². The molecule has 2 aliphatic rings. The van der Waals surface area contributed by atoms with E-state index >= 15 is 0 Å². The number of amides is 1. The lowest BCUT2D eigenvalue weighted by molar-refractivity contribution is -0.256. The molecular formula is C12H16N2O8. The molecule has 4 N–H and O–H groups in total. The maximum atomic E-state index is 12.4. The van der Waals surface area contributed by atoms with Crippen molar-refractivity contribution in [3.63, 3.8) is 0 Å². The Morgan fingerprint density at radius 2 is 2.09 bits per heavy atom. The Labute approximate surface area is 124 Å². The number of aliphatic hydroxyl groups excluding tert-OH is 1. The van der Waals surface area contributed by atoms with Crippen molar-refractivity contribution in [1.82, 2.24) is 5.06 Å². The van der Waals surface area contributed by atoms with Gasteiger partial charge in [0.1, 0.15) is 6.61 Å². The molecule has 0 aromatic heterocycles. The zero-order valence-electron chi connectivity index (χ0n) is 11.8. The highest BCUT2D eigenvalue weighted by Crippen LogP contribution is 2.36. The molecule has 0 aliphatic carbocycles. The number of carboxylic acids is 1. The van der Waals surface area contributed by atoms with Gasteiger partial charge in [-0.3, -0.25) is 19.2 Å². The highest BCUT2D eigenvalue weighted by molar-refractivity contribution is 6.13. The summed E-state index contributed by atoms with van der Waals surface area (Å²) in [5.41, 5.74) is 1.32. The van der Waals surface area contributed by atoms with Crippen molar-refractivity contribution >= 4 is 23.6 Å². The molecule has 1 unspecified atom stereocenters. The minimum atomic E-state index is -2.32. The Kier molecular flexibility index (Phi) is 3.94. The first-order valence-corrected chi connectivity index (χ1v) is 6.56. The molecule has 122 valence electrons. The summed E-state index contributed by atoms with van der Waals surface area (Å²) in [5, 5.41) is 18.7. The maximum Gasteiger partial charge on any atom is 0.372 e. The van der Waals surface area contributed by atoms with E-state index in [1.807, 2.05) is 0 Å². The third-order valence-electron chi connectivity index (χ3n) is 3.76. The smallest absolute Gasteiger partial charge is 0.372 e. The molecule has 0 spiro atoms. The SMILES string of the molecule is C[C@@H](CO)C(=O)[C@@]1(N)CON(C2(C(=O)O)CCC(=O)O2)C1=O. The number of ether oxygens (including phenoxy) is 1. The second-order valence-corrected chi connectivity index (χ2v) is 5.36. The molecular weight excluding hydrogens is 300 g/mol. The van der Waals surface area contributed by atoms with Crippen LogP contribution < -0.4 is 5.73 Å². The highest BCUT2D eigenvalue weighted by atomic mass is 16.7. The number of rotatable bonds is 5. The molecule has 10 heteroatoms. The number of carbonyl (C=O) groups excluding carboxylic acids is 3. The summed E-state index contributed by atoms with van der Waals surface area (Å²) in [6, 6.07) is 0. The quantitative estimate of drug-likeness (QED) is 0.377. The topological polar surface area (TPSA) is 156 Å². The lowest BCUT2D eigenvalue weighted by Gasteiger charge is -2.31. The van der Waals surface area contributed by atoms with Gasteiger partial charge in [0, 0.05) is 12.3 Å². The van der Waals surface area contributed by atoms with Gasteiger partial charge in [-0.15, -0.1) is 0 Å². The van der Waals surface area contributed by atoms with Gasteiger partial charge in [0.25, 0.3) is 5.91 Å². The summed E-state index contributed by atoms with van der Waals surface area (Å²) in [6.45, 7) is 0.251. The van der Waals surface area contributed by atoms with E-state index in [9.17, 15) is 24.3 Å². The predicted molar refractivity (Wildman–Crippen MR) is 66.7 cm³/mol. The number of aliphatic hydroxyl groups is 1. The number of hydrogen-bond acceptors (Lipinski definition) is 8. The Bertz CT molecular complexity index is 549. The second kappa shape index (κ2) is 5.30. The summed E-state index contributed by atoms with van der Waals surface area (Å²) in [6.07, 6.45) is -0.523. The number of nitrogens with zero attached hydrogens (tertiary/aromatic N) is 1. The van der Waals surface area contributed by atoms with Crippen molar-refractivity contribution in [1.29, 1.82) is 0 Å². The molecule has 2 fully saturated rings. The van der Waals surface area contributed by atoms with Crippen molar-refractivity contribution in [3.05, 3.63) is 0 Å². The molecule has 0 saturated carbocycles. The second-order valence-electron chi connectivity index (χ2n) is 5.36. The average molecular weight is 316 g/mol. The standard InChI is InChI=1S/C12H16N2O8/c1-6(4-15)8(17)11(13)5-21-14(9(11)18)12(10(19)20)3-2-7(16)22-12/h6,15H,2-5,13H2,1H3,(H,19,20)/t6-,11-,12?/m0/s1. The molecule has 2 heterocycles. The summed E-state index contributed by atoms with van der Waals surface area (Å²) in [5.74, 6) is -5.23. The molecule has 2 aliphatic heterocycles. The van der Waals surface area contributed by atoms with Gasteiger partial charge >= 0.3 is 17.7 Å². The van der Waals surface area contributed by atoms with Gasteiger partial charge in [-0.2, -0.15) is 5.06 Å². The van der Waals surface area contributed by atoms with Crippen LogP contribution in [0.4, 0.5) is 0 Å². The Hall–Kier alpha value is -2.04. The fourth-order valence-corrected chi connectivity index (χ4v) is 2.38. The average Bonchev–Trinajstić information content (AvgIpc) is 3.01. The highest BCUT2D eigenvalue weighted by Gasteiger charge is 2.64. The lowest BCUT2D eigenvalue weighted by Crippen LogP contribution is -2.62. The first-order valence-electron chi connectivity index (χ1n) is 6.56. The van der Waals surface area contributed by atoms with E-state index in [1.165, 1.54) is 6.92 Å². The molecule has 3 atom stereocenters. The number of aliphatic carboxylic acids is 1. The summed E-state index contributed by atoms with van der Waals surface area (Å²) >= 11 is 0. The van der Waals surface area contributed by atoms with Crippen LogP contribution in [0.2, 0.25) is 0 Å². The van der Waals surface area contributed by atoms with E-state index in [2.05, 4.69) is 0 Å². The van der Waals surface area contributed by atoms with Crippen molar-refractivity contribution in [2.75, 3.05) is 13.2 Å². The fourth-order valence-electron chi connectivity index (χ4n) is 2.38. The van der Waals surface area contributed by atoms with Crippen molar-refractivity contribution < 1.29 is 39.0 Å². The molecule has 2 rings (SSSR count). The van der Waals surface area contributed by atoms with Gasteiger partial charge < -0.3 is 20.7 Å². The minimum absolute atomic E-state index is 0.210. The van der Waals surface area contributed by atoms with E-state index in [4.69, 9.17) is 20.4 Å². The van der Waals surface area contributed by atoms with Crippen LogP contribution in [-0.4, -0.2) is 63.4 Å². The van der Waals surface area contributed by atoms with Crippen LogP contribution in [0.3, 0.4) is 0 Å². The van der Waals surface area contributed by atoms with Gasteiger partial charge in [-0.1, -0.05) is 6.92 Å². The van der Waals surface area contributed by atoms with Crippen LogP contribution in [0, 0.1) is 5.92 Å². The van der Waals surface area contributed by atoms with Crippen LogP contribution in [0.15, 0.2) is 0 Å². The number of esters is 1. The minimum Gasteiger partial charge on any atom is -0.477 e. The van der Waals surface area contributed by atoms with Crippen molar-refractivity contribution in [3.8, 4) is 0 Å². The first-order chi connectivity index (χ1) is 10.2. The normalized spacial score (nSPS) is 33.0. The zero-order chi connectivity index (χ0) is 16.7. The molecule has 2 saturated heterocycles. The largest absolute Gasteiger partial charge is 0.477 e. The van der Waals surface area contributed by atoms with E-state index in [-0.39, 0.29) is 12.8 Å². The van der Waals surface area contributed by atoms with E-state index < -0.39 is 54.0 Å².